The van der Waals surface area contributed by atoms with Crippen LogP contribution in [0.4, 0.5) is 5.82 Å². The number of nitrogens with zero attached hydrogens (tertiary/aromatic N) is 4. The normalized spacial score (nSPS) is 19.0. The minimum atomic E-state index is 0.199. The van der Waals surface area contributed by atoms with E-state index in [1.165, 1.54) is 5.56 Å². The molecule has 0 amide bonds. The van der Waals surface area contributed by atoms with Gasteiger partial charge in [0.1, 0.15) is 0 Å². The number of anilines is 1. The van der Waals surface area contributed by atoms with Crippen LogP contribution in [0.25, 0.3) is 0 Å². The monoisotopic (exact) mass is 298 g/mol. The average Bonchev–Trinajstić information content (AvgIpc) is 2.57. The van der Waals surface area contributed by atoms with Crippen molar-refractivity contribution in [1.82, 2.24) is 15.1 Å². The van der Waals surface area contributed by atoms with Crippen LogP contribution >= 0.6 is 0 Å². The first-order chi connectivity index (χ1) is 10.8. The van der Waals surface area contributed by atoms with Crippen LogP contribution in [0.5, 0.6) is 0 Å². The molecule has 3 rings (SSSR count). The van der Waals surface area contributed by atoms with Gasteiger partial charge in [-0.15, -0.1) is 5.10 Å². The summed E-state index contributed by atoms with van der Waals surface area (Å²) in [5.41, 5.74) is 1.35. The predicted octanol–water partition coefficient (Wildman–Crippen LogP) is 1.81. The highest BCUT2D eigenvalue weighted by Gasteiger charge is 2.22. The number of ether oxygens (including phenoxy) is 1. The summed E-state index contributed by atoms with van der Waals surface area (Å²) in [4.78, 5) is 4.55. The van der Waals surface area contributed by atoms with Gasteiger partial charge in [-0.25, -0.2) is 0 Å². The van der Waals surface area contributed by atoms with E-state index in [9.17, 15) is 0 Å². The molecule has 0 radical (unpaired) electrons. The van der Waals surface area contributed by atoms with Crippen molar-refractivity contribution in [2.75, 3.05) is 38.2 Å². The second-order valence-electron chi connectivity index (χ2n) is 5.68. The summed E-state index contributed by atoms with van der Waals surface area (Å²) in [7, 11) is 2.03. The lowest BCUT2D eigenvalue weighted by Gasteiger charge is -2.35. The van der Waals surface area contributed by atoms with Crippen LogP contribution in [0.1, 0.15) is 5.56 Å². The summed E-state index contributed by atoms with van der Waals surface area (Å²) in [5.74, 6) is 0.881. The Bertz CT molecular complexity index is 563. The van der Waals surface area contributed by atoms with E-state index in [0.717, 1.165) is 38.6 Å². The molecule has 1 aliphatic heterocycles. The van der Waals surface area contributed by atoms with E-state index >= 15 is 0 Å². The fourth-order valence-corrected chi connectivity index (χ4v) is 2.77. The Kier molecular flexibility index (Phi) is 4.98. The molecule has 116 valence electrons. The lowest BCUT2D eigenvalue weighted by atomic mass is 10.2. The molecule has 1 aromatic heterocycles. The smallest absolute Gasteiger partial charge is 0.151 e. The Hall–Kier alpha value is -1.98. The third-order valence-electron chi connectivity index (χ3n) is 3.90. The third kappa shape index (κ3) is 4.02. The average molecular weight is 298 g/mol. The Morgan fingerprint density at radius 2 is 2.09 bits per heavy atom. The second-order valence-corrected chi connectivity index (χ2v) is 5.68. The first-order valence-corrected chi connectivity index (χ1v) is 7.68. The molecule has 0 bridgehead atoms. The maximum Gasteiger partial charge on any atom is 0.151 e. The van der Waals surface area contributed by atoms with E-state index < -0.39 is 0 Å². The van der Waals surface area contributed by atoms with E-state index in [1.54, 1.807) is 6.20 Å². The minimum absolute atomic E-state index is 0.199. The van der Waals surface area contributed by atoms with Gasteiger partial charge >= 0.3 is 0 Å². The molecular formula is C17H22N4O. The molecule has 0 N–H and O–H groups in total. The number of aromatic nitrogens is 2. The summed E-state index contributed by atoms with van der Waals surface area (Å²) >= 11 is 0. The first-order valence-electron chi connectivity index (χ1n) is 7.68. The lowest BCUT2D eigenvalue weighted by molar-refractivity contribution is -0.0264. The zero-order valence-corrected chi connectivity index (χ0v) is 12.9. The molecule has 1 unspecified atom stereocenters. The molecule has 1 fully saturated rings. The van der Waals surface area contributed by atoms with Crippen molar-refractivity contribution in [3.05, 3.63) is 54.2 Å². The molecule has 1 aliphatic rings. The third-order valence-corrected chi connectivity index (χ3v) is 3.90. The Labute approximate surface area is 131 Å². The fraction of sp³-hybridized carbons (Fsp3) is 0.412. The van der Waals surface area contributed by atoms with Gasteiger partial charge in [0, 0.05) is 39.4 Å². The van der Waals surface area contributed by atoms with Crippen molar-refractivity contribution in [2.24, 2.45) is 0 Å². The van der Waals surface area contributed by atoms with Gasteiger partial charge in [-0.3, -0.25) is 4.90 Å². The highest BCUT2D eigenvalue weighted by atomic mass is 16.5. The fourth-order valence-electron chi connectivity index (χ4n) is 2.77. The van der Waals surface area contributed by atoms with Gasteiger partial charge in [-0.1, -0.05) is 30.3 Å². The van der Waals surface area contributed by atoms with Crippen LogP contribution in [0.15, 0.2) is 48.7 Å². The predicted molar refractivity (Wildman–Crippen MR) is 86.8 cm³/mol. The van der Waals surface area contributed by atoms with E-state index in [0.29, 0.717) is 0 Å². The zero-order valence-electron chi connectivity index (χ0n) is 12.9. The van der Waals surface area contributed by atoms with Crippen molar-refractivity contribution < 1.29 is 4.74 Å². The summed E-state index contributed by atoms with van der Waals surface area (Å²) in [6.07, 6.45) is 1.89. The van der Waals surface area contributed by atoms with Crippen LogP contribution < -0.4 is 4.90 Å². The van der Waals surface area contributed by atoms with Crippen LogP contribution in [-0.4, -0.2) is 54.5 Å². The highest BCUT2D eigenvalue weighted by Crippen LogP contribution is 2.13. The van der Waals surface area contributed by atoms with Crippen LogP contribution in [-0.2, 0) is 11.3 Å². The largest absolute Gasteiger partial charge is 0.374 e. The second kappa shape index (κ2) is 7.33. The van der Waals surface area contributed by atoms with E-state index in [1.807, 2.05) is 19.2 Å². The van der Waals surface area contributed by atoms with Gasteiger partial charge in [0.15, 0.2) is 5.82 Å². The molecule has 5 nitrogen and oxygen atoms in total. The van der Waals surface area contributed by atoms with E-state index in [-0.39, 0.29) is 6.10 Å². The number of morpholine rings is 1. The van der Waals surface area contributed by atoms with Crippen molar-refractivity contribution in [1.29, 1.82) is 0 Å². The van der Waals surface area contributed by atoms with Crippen molar-refractivity contribution in [2.45, 2.75) is 12.6 Å². The van der Waals surface area contributed by atoms with Gasteiger partial charge in [0.2, 0.25) is 0 Å². The molecule has 2 aromatic rings. The van der Waals surface area contributed by atoms with Gasteiger partial charge in [0.05, 0.1) is 12.7 Å². The SMILES string of the molecule is CN(CC1CN(Cc2ccccc2)CCO1)c1cccnn1. The molecule has 0 aliphatic carbocycles. The van der Waals surface area contributed by atoms with Crippen molar-refractivity contribution in [3.8, 4) is 0 Å². The van der Waals surface area contributed by atoms with E-state index in [4.69, 9.17) is 4.74 Å². The maximum absolute atomic E-state index is 5.91. The lowest BCUT2D eigenvalue weighted by Crippen LogP contribution is -2.46. The number of likely N-dealkylation sites (N-methyl/N-ethyl adjacent to an activating group) is 1. The van der Waals surface area contributed by atoms with Gasteiger partial charge in [0.25, 0.3) is 0 Å². The van der Waals surface area contributed by atoms with Crippen LogP contribution in [0.2, 0.25) is 0 Å². The molecule has 5 heteroatoms. The quantitative estimate of drug-likeness (QED) is 0.842. The molecule has 0 saturated carbocycles. The molecular weight excluding hydrogens is 276 g/mol. The number of hydrogen-bond donors (Lipinski definition) is 0. The molecule has 1 atom stereocenters. The molecule has 1 aromatic carbocycles. The summed E-state index contributed by atoms with van der Waals surface area (Å²) in [6.45, 7) is 4.52. The van der Waals surface area contributed by atoms with Gasteiger partial charge in [-0.05, 0) is 17.7 Å². The van der Waals surface area contributed by atoms with Crippen LogP contribution in [0, 0.1) is 0 Å². The van der Waals surface area contributed by atoms with Crippen molar-refractivity contribution in [3.63, 3.8) is 0 Å². The zero-order chi connectivity index (χ0) is 15.2. The molecule has 1 saturated heterocycles. The molecule has 0 spiro atoms. The number of rotatable bonds is 5. The first kappa shape index (κ1) is 14.9. The van der Waals surface area contributed by atoms with E-state index in [2.05, 4.69) is 50.3 Å². The Morgan fingerprint density at radius 1 is 1.23 bits per heavy atom. The van der Waals surface area contributed by atoms with Gasteiger partial charge in [-0.2, -0.15) is 5.10 Å². The number of hydrogen-bond acceptors (Lipinski definition) is 5. The van der Waals surface area contributed by atoms with Crippen LogP contribution in [0.3, 0.4) is 0 Å². The summed E-state index contributed by atoms with van der Waals surface area (Å²) in [5, 5.41) is 8.06. The molecule has 2 heterocycles. The Morgan fingerprint density at radius 3 is 2.86 bits per heavy atom. The standard InChI is InChI=1S/C17H22N4O/c1-20(17-8-5-9-18-19-17)13-16-14-21(10-11-22-16)12-15-6-3-2-4-7-15/h2-9,16H,10-14H2,1H3. The van der Waals surface area contributed by atoms with Crippen molar-refractivity contribution >= 4 is 5.82 Å². The van der Waals surface area contributed by atoms with Gasteiger partial charge < -0.3 is 9.64 Å². The summed E-state index contributed by atoms with van der Waals surface area (Å²) in [6, 6.07) is 14.5. The highest BCUT2D eigenvalue weighted by molar-refractivity contribution is 5.35. The topological polar surface area (TPSA) is 41.5 Å². The summed E-state index contributed by atoms with van der Waals surface area (Å²) < 4.78 is 5.91. The maximum atomic E-state index is 5.91. The number of benzene rings is 1. The molecule has 22 heavy (non-hydrogen) atoms. The minimum Gasteiger partial charge on any atom is -0.374 e. The Balaban J connectivity index is 1.54.